The molecule has 0 aromatic rings. The normalized spacial score (nSPS) is 43.2. The van der Waals surface area contributed by atoms with Crippen molar-refractivity contribution in [1.29, 1.82) is 0 Å². The van der Waals surface area contributed by atoms with Crippen LogP contribution in [0.15, 0.2) is 0 Å². The second-order valence-electron chi connectivity index (χ2n) is 8.19. The van der Waals surface area contributed by atoms with Crippen LogP contribution < -0.4 is 0 Å². The van der Waals surface area contributed by atoms with Crippen LogP contribution in [0.25, 0.3) is 0 Å². The predicted molar refractivity (Wildman–Crippen MR) is 88.2 cm³/mol. The minimum Gasteiger partial charge on any atom is -0.372 e. The first-order valence-corrected chi connectivity index (χ1v) is 9.78. The zero-order chi connectivity index (χ0) is 15.9. The van der Waals surface area contributed by atoms with Gasteiger partial charge in [0.2, 0.25) is 0 Å². The summed E-state index contributed by atoms with van der Waals surface area (Å²) in [5.41, 5.74) is 0. The molecule has 5 rings (SSSR count). The molecule has 1 saturated carbocycles. The molecule has 0 bridgehead atoms. The fourth-order valence-corrected chi connectivity index (χ4v) is 4.27. The highest BCUT2D eigenvalue weighted by molar-refractivity contribution is 4.91. The maximum absolute atomic E-state index is 5.47. The van der Waals surface area contributed by atoms with Crippen molar-refractivity contribution in [3.8, 4) is 0 Å². The maximum atomic E-state index is 5.47. The fourth-order valence-electron chi connectivity index (χ4n) is 4.27. The topological polar surface area (TPSA) is 56.6 Å². The van der Waals surface area contributed by atoms with E-state index in [0.29, 0.717) is 36.5 Å². The molecule has 4 heterocycles. The smallest absolute Gasteiger partial charge is 0.0936 e. The summed E-state index contributed by atoms with van der Waals surface area (Å²) in [7, 11) is 0. The van der Waals surface area contributed by atoms with E-state index in [4.69, 9.17) is 18.9 Å². The highest BCUT2D eigenvalue weighted by atomic mass is 16.6. The standard InChI is InChI=1S/C18H30N2O4/c1-2-14(20(7-17-11-23-17)8-18-12-24-18)4-3-13(1)19(5-15-9-21-15)6-16-10-22-16/h13-18H,1-12H2. The van der Waals surface area contributed by atoms with Gasteiger partial charge in [0, 0.05) is 38.3 Å². The minimum absolute atomic E-state index is 0.483. The van der Waals surface area contributed by atoms with Crippen LogP contribution in [0.4, 0.5) is 0 Å². The van der Waals surface area contributed by atoms with Crippen molar-refractivity contribution in [3.05, 3.63) is 0 Å². The van der Waals surface area contributed by atoms with Gasteiger partial charge >= 0.3 is 0 Å². The maximum Gasteiger partial charge on any atom is 0.0936 e. The number of hydrogen-bond acceptors (Lipinski definition) is 6. The zero-order valence-electron chi connectivity index (χ0n) is 14.5. The van der Waals surface area contributed by atoms with Crippen LogP contribution in [0.1, 0.15) is 25.7 Å². The van der Waals surface area contributed by atoms with E-state index in [1.165, 1.54) is 25.7 Å². The number of hydrogen-bond donors (Lipinski definition) is 0. The monoisotopic (exact) mass is 338 g/mol. The number of nitrogens with zero attached hydrogens (tertiary/aromatic N) is 2. The van der Waals surface area contributed by atoms with Crippen LogP contribution in [0.2, 0.25) is 0 Å². The lowest BCUT2D eigenvalue weighted by molar-refractivity contribution is 0.0778. The van der Waals surface area contributed by atoms with Crippen molar-refractivity contribution in [2.24, 2.45) is 0 Å². The van der Waals surface area contributed by atoms with Gasteiger partial charge in [-0.25, -0.2) is 0 Å². The molecule has 4 aliphatic heterocycles. The van der Waals surface area contributed by atoms with Crippen LogP contribution in [-0.4, -0.2) is 98.9 Å². The lowest BCUT2D eigenvalue weighted by atomic mass is 9.88. The molecule has 0 radical (unpaired) electrons. The van der Waals surface area contributed by atoms with Crippen molar-refractivity contribution in [2.75, 3.05) is 52.6 Å². The van der Waals surface area contributed by atoms with Gasteiger partial charge in [-0.05, 0) is 25.7 Å². The predicted octanol–water partition coefficient (Wildman–Crippen LogP) is 0.497. The minimum atomic E-state index is 0.483. The second-order valence-corrected chi connectivity index (χ2v) is 8.19. The summed E-state index contributed by atoms with van der Waals surface area (Å²) in [5.74, 6) is 0. The Morgan fingerprint density at radius 3 is 0.958 bits per heavy atom. The summed E-state index contributed by atoms with van der Waals surface area (Å²) < 4.78 is 21.9. The zero-order valence-corrected chi connectivity index (χ0v) is 14.5. The highest BCUT2D eigenvalue weighted by Crippen LogP contribution is 2.31. The summed E-state index contributed by atoms with van der Waals surface area (Å²) in [6.07, 6.45) is 7.15. The molecule has 0 aromatic carbocycles. The van der Waals surface area contributed by atoms with Crippen LogP contribution in [0.5, 0.6) is 0 Å². The van der Waals surface area contributed by atoms with Crippen molar-refractivity contribution in [1.82, 2.24) is 9.80 Å². The first-order chi connectivity index (χ1) is 11.8. The fraction of sp³-hybridized carbons (Fsp3) is 1.00. The van der Waals surface area contributed by atoms with E-state index in [2.05, 4.69) is 9.80 Å². The molecule has 0 aromatic heterocycles. The molecule has 0 N–H and O–H groups in total. The molecule has 4 saturated heterocycles. The average molecular weight is 338 g/mol. The van der Waals surface area contributed by atoms with Gasteiger partial charge in [0.25, 0.3) is 0 Å². The van der Waals surface area contributed by atoms with E-state index < -0.39 is 0 Å². The first kappa shape index (κ1) is 16.0. The quantitative estimate of drug-likeness (QED) is 0.541. The van der Waals surface area contributed by atoms with E-state index >= 15 is 0 Å². The van der Waals surface area contributed by atoms with E-state index in [0.717, 1.165) is 52.6 Å². The summed E-state index contributed by atoms with van der Waals surface area (Å²) in [6, 6.07) is 1.43. The SMILES string of the molecule is C1OC1CN(CC1CO1)C1CCC(N(CC2CO2)CC2CO2)CC1. The van der Waals surface area contributed by atoms with Gasteiger partial charge in [0.1, 0.15) is 0 Å². The van der Waals surface area contributed by atoms with E-state index in [9.17, 15) is 0 Å². The molecular formula is C18H30N2O4. The van der Waals surface area contributed by atoms with Crippen molar-refractivity contribution >= 4 is 0 Å². The molecule has 5 aliphatic rings. The van der Waals surface area contributed by atoms with Gasteiger partial charge in [0.15, 0.2) is 0 Å². The Balaban J connectivity index is 1.14. The lowest BCUT2D eigenvalue weighted by Gasteiger charge is -2.40. The molecule has 5 fully saturated rings. The molecule has 6 heteroatoms. The van der Waals surface area contributed by atoms with Crippen molar-refractivity contribution < 1.29 is 18.9 Å². The molecule has 4 atom stereocenters. The van der Waals surface area contributed by atoms with Gasteiger partial charge in [-0.15, -0.1) is 0 Å². The van der Waals surface area contributed by atoms with Crippen LogP contribution in [-0.2, 0) is 18.9 Å². The van der Waals surface area contributed by atoms with Crippen molar-refractivity contribution in [3.63, 3.8) is 0 Å². The van der Waals surface area contributed by atoms with Gasteiger partial charge in [-0.3, -0.25) is 9.80 Å². The Kier molecular flexibility index (Phi) is 4.54. The number of epoxide rings is 4. The van der Waals surface area contributed by atoms with Crippen molar-refractivity contribution in [2.45, 2.75) is 62.2 Å². The first-order valence-electron chi connectivity index (χ1n) is 9.78. The van der Waals surface area contributed by atoms with Gasteiger partial charge in [0.05, 0.1) is 50.8 Å². The Labute approximate surface area is 144 Å². The van der Waals surface area contributed by atoms with E-state index in [-0.39, 0.29) is 0 Å². The molecule has 0 spiro atoms. The second kappa shape index (κ2) is 6.82. The molecule has 1 aliphatic carbocycles. The summed E-state index contributed by atoms with van der Waals surface area (Å²) >= 11 is 0. The molecule has 4 unspecified atom stereocenters. The third-order valence-corrected chi connectivity index (χ3v) is 6.06. The van der Waals surface area contributed by atoms with E-state index in [1.54, 1.807) is 0 Å². The van der Waals surface area contributed by atoms with E-state index in [1.807, 2.05) is 0 Å². The van der Waals surface area contributed by atoms with Crippen LogP contribution in [0.3, 0.4) is 0 Å². The van der Waals surface area contributed by atoms with Crippen LogP contribution >= 0.6 is 0 Å². The summed E-state index contributed by atoms with van der Waals surface area (Å²) in [4.78, 5) is 5.31. The molecular weight excluding hydrogens is 308 g/mol. The Bertz CT molecular complexity index is 359. The van der Waals surface area contributed by atoms with Crippen LogP contribution in [0, 0.1) is 0 Å². The van der Waals surface area contributed by atoms with Gasteiger partial charge in [-0.1, -0.05) is 0 Å². The lowest BCUT2D eigenvalue weighted by Crippen LogP contribution is -2.48. The highest BCUT2D eigenvalue weighted by Gasteiger charge is 2.38. The Morgan fingerprint density at radius 2 is 0.750 bits per heavy atom. The third-order valence-electron chi connectivity index (χ3n) is 6.06. The number of rotatable bonds is 10. The molecule has 24 heavy (non-hydrogen) atoms. The Hall–Kier alpha value is -0.240. The molecule has 136 valence electrons. The van der Waals surface area contributed by atoms with Gasteiger partial charge < -0.3 is 18.9 Å². The Morgan fingerprint density at radius 1 is 0.500 bits per heavy atom. The van der Waals surface area contributed by atoms with Gasteiger partial charge in [-0.2, -0.15) is 0 Å². The largest absolute Gasteiger partial charge is 0.372 e. The molecule has 0 amide bonds. The third kappa shape index (κ3) is 4.48. The molecule has 6 nitrogen and oxygen atoms in total. The average Bonchev–Trinajstić information content (AvgIpc) is 3.45. The summed E-state index contributed by atoms with van der Waals surface area (Å²) in [5, 5.41) is 0. The summed E-state index contributed by atoms with van der Waals surface area (Å²) in [6.45, 7) is 8.22. The number of ether oxygens (including phenoxy) is 4.